The second kappa shape index (κ2) is 8.31. The molecule has 1 atom stereocenters. The second-order valence-electron chi connectivity index (χ2n) is 7.17. The van der Waals surface area contributed by atoms with E-state index in [-0.39, 0.29) is 23.7 Å². The molecule has 0 bridgehead atoms. The van der Waals surface area contributed by atoms with Crippen molar-refractivity contribution in [2.75, 3.05) is 13.1 Å². The van der Waals surface area contributed by atoms with Gasteiger partial charge in [0.15, 0.2) is 5.69 Å². The number of benzene rings is 1. The monoisotopic (exact) mass is 432 g/mol. The van der Waals surface area contributed by atoms with E-state index in [1.54, 1.807) is 0 Å². The Morgan fingerprint density at radius 2 is 2.03 bits per heavy atom. The van der Waals surface area contributed by atoms with Gasteiger partial charge in [0.25, 0.3) is 5.91 Å². The molecule has 0 aliphatic carbocycles. The van der Waals surface area contributed by atoms with Gasteiger partial charge in [0, 0.05) is 18.7 Å². The summed E-state index contributed by atoms with van der Waals surface area (Å²) in [6, 6.07) is 2.51. The van der Waals surface area contributed by atoms with Gasteiger partial charge in [-0.25, -0.2) is 4.39 Å². The lowest BCUT2D eigenvalue weighted by Gasteiger charge is -2.37. The third-order valence-electron chi connectivity index (χ3n) is 5.46. The zero-order valence-electron chi connectivity index (χ0n) is 15.5. The molecule has 0 radical (unpaired) electrons. The molecule has 1 amide bonds. The van der Waals surface area contributed by atoms with Crippen LogP contribution >= 0.6 is 12.4 Å². The molecule has 5 nitrogen and oxygen atoms in total. The van der Waals surface area contributed by atoms with Crippen molar-refractivity contribution in [2.24, 2.45) is 0 Å². The first kappa shape index (κ1) is 21.6. The molecule has 1 aromatic carbocycles. The number of fused-ring (bicyclic) bond motifs is 1. The Bertz CT molecular complexity index is 899. The fourth-order valence-electron chi connectivity index (χ4n) is 4.17. The fraction of sp³-hybridized carbons (Fsp3) is 0.474. The van der Waals surface area contributed by atoms with Crippen LogP contribution in [-0.4, -0.2) is 34.1 Å². The van der Waals surface area contributed by atoms with Crippen molar-refractivity contribution in [1.29, 1.82) is 0 Å². The molecular formula is C19H21ClF4N4O. The first-order chi connectivity index (χ1) is 13.4. The molecule has 0 saturated carbocycles. The molecular weight excluding hydrogens is 412 g/mol. The Hall–Kier alpha value is -2.13. The van der Waals surface area contributed by atoms with Crippen LogP contribution in [0.1, 0.15) is 58.2 Å². The van der Waals surface area contributed by atoms with Gasteiger partial charge in [-0.05, 0) is 43.9 Å². The minimum atomic E-state index is -4.83. The van der Waals surface area contributed by atoms with Crippen molar-refractivity contribution in [3.63, 3.8) is 0 Å². The Labute approximate surface area is 171 Å². The highest BCUT2D eigenvalue weighted by Gasteiger charge is 2.41. The van der Waals surface area contributed by atoms with E-state index in [9.17, 15) is 22.4 Å². The van der Waals surface area contributed by atoms with Gasteiger partial charge in [0.05, 0.1) is 17.3 Å². The normalized spacial score (nSPS) is 19.4. The molecule has 2 aromatic rings. The summed E-state index contributed by atoms with van der Waals surface area (Å²) in [5.41, 5.74) is 0.418. The predicted molar refractivity (Wildman–Crippen MR) is 100 cm³/mol. The number of rotatable bonds is 2. The minimum absolute atomic E-state index is 0. The van der Waals surface area contributed by atoms with E-state index in [1.165, 1.54) is 17.0 Å². The summed E-state index contributed by atoms with van der Waals surface area (Å²) in [7, 11) is 0. The number of nitrogens with zero attached hydrogens (tertiary/aromatic N) is 2. The van der Waals surface area contributed by atoms with Crippen LogP contribution in [-0.2, 0) is 19.1 Å². The number of likely N-dealkylation sites (tertiary alicyclic amines) is 1. The van der Waals surface area contributed by atoms with Gasteiger partial charge in [0.1, 0.15) is 5.82 Å². The largest absolute Gasteiger partial charge is 0.419 e. The van der Waals surface area contributed by atoms with Crippen LogP contribution in [0.4, 0.5) is 17.6 Å². The standard InChI is InChI=1S/C19H20F4N4O.ClH/c20-13-5-3-4-12(16(13)19(21,22)23)15-6-1-2-9-27(15)18(28)17-11-7-8-24-10-14(11)25-26-17;/h3-5,15,24H,1-2,6-10H2,(H,25,26);1H. The van der Waals surface area contributed by atoms with Crippen LogP contribution in [0.5, 0.6) is 0 Å². The number of amides is 1. The van der Waals surface area contributed by atoms with E-state index in [2.05, 4.69) is 15.5 Å². The van der Waals surface area contributed by atoms with Crippen LogP contribution in [0, 0.1) is 5.82 Å². The fourth-order valence-corrected chi connectivity index (χ4v) is 4.17. The van der Waals surface area contributed by atoms with E-state index in [1.807, 2.05) is 0 Å². The maximum atomic E-state index is 14.1. The molecule has 2 aliphatic rings. The maximum Gasteiger partial charge on any atom is 0.419 e. The quantitative estimate of drug-likeness (QED) is 0.705. The lowest BCUT2D eigenvalue weighted by Crippen LogP contribution is -2.40. The minimum Gasteiger partial charge on any atom is -0.330 e. The van der Waals surface area contributed by atoms with Gasteiger partial charge < -0.3 is 10.2 Å². The van der Waals surface area contributed by atoms with Crippen LogP contribution < -0.4 is 5.32 Å². The summed E-state index contributed by atoms with van der Waals surface area (Å²) in [5.74, 6) is -1.72. The van der Waals surface area contributed by atoms with Gasteiger partial charge in [-0.3, -0.25) is 9.89 Å². The molecule has 1 aromatic heterocycles. The average Bonchev–Trinajstić information content (AvgIpc) is 3.10. The number of aromatic amines is 1. The van der Waals surface area contributed by atoms with Crippen LogP contribution in [0.15, 0.2) is 18.2 Å². The average molecular weight is 433 g/mol. The summed E-state index contributed by atoms with van der Waals surface area (Å²) in [4.78, 5) is 14.6. The van der Waals surface area contributed by atoms with Gasteiger partial charge in [0.2, 0.25) is 0 Å². The number of alkyl halides is 3. The predicted octanol–water partition coefficient (Wildman–Crippen LogP) is 4.00. The second-order valence-corrected chi connectivity index (χ2v) is 7.17. The first-order valence-electron chi connectivity index (χ1n) is 9.31. The molecule has 2 N–H and O–H groups in total. The summed E-state index contributed by atoms with van der Waals surface area (Å²) in [6.45, 7) is 1.59. The highest BCUT2D eigenvalue weighted by Crippen LogP contribution is 2.41. The molecule has 1 fully saturated rings. The molecule has 4 rings (SSSR count). The van der Waals surface area contributed by atoms with Crippen molar-refractivity contribution in [2.45, 2.75) is 44.4 Å². The van der Waals surface area contributed by atoms with Crippen LogP contribution in [0.3, 0.4) is 0 Å². The zero-order valence-corrected chi connectivity index (χ0v) is 16.3. The maximum absolute atomic E-state index is 14.1. The number of H-pyrrole nitrogens is 1. The number of carbonyl (C=O) groups is 1. The highest BCUT2D eigenvalue weighted by atomic mass is 35.5. The van der Waals surface area contributed by atoms with Gasteiger partial charge in [-0.1, -0.05) is 12.1 Å². The molecule has 0 spiro atoms. The van der Waals surface area contributed by atoms with Crippen molar-refractivity contribution >= 4 is 18.3 Å². The number of aromatic nitrogens is 2. The Balaban J connectivity index is 0.00000240. The van der Waals surface area contributed by atoms with E-state index in [0.717, 1.165) is 17.3 Å². The van der Waals surface area contributed by atoms with E-state index in [4.69, 9.17) is 0 Å². The molecule has 2 aliphatic heterocycles. The lowest BCUT2D eigenvalue weighted by molar-refractivity contribution is -0.141. The van der Waals surface area contributed by atoms with Gasteiger partial charge in [-0.15, -0.1) is 12.4 Å². The van der Waals surface area contributed by atoms with Crippen LogP contribution in [0.2, 0.25) is 0 Å². The summed E-state index contributed by atoms with van der Waals surface area (Å²) in [6.07, 6.45) is -2.49. The van der Waals surface area contributed by atoms with Crippen molar-refractivity contribution < 1.29 is 22.4 Å². The van der Waals surface area contributed by atoms with E-state index >= 15 is 0 Å². The van der Waals surface area contributed by atoms with Gasteiger partial charge in [-0.2, -0.15) is 18.3 Å². The van der Waals surface area contributed by atoms with Crippen molar-refractivity contribution in [3.05, 3.63) is 52.1 Å². The molecule has 3 heterocycles. The van der Waals surface area contributed by atoms with Crippen LogP contribution in [0.25, 0.3) is 0 Å². The van der Waals surface area contributed by atoms with Crippen molar-refractivity contribution in [3.8, 4) is 0 Å². The smallest absolute Gasteiger partial charge is 0.330 e. The zero-order chi connectivity index (χ0) is 19.9. The third-order valence-corrected chi connectivity index (χ3v) is 5.46. The summed E-state index contributed by atoms with van der Waals surface area (Å²) in [5, 5.41) is 10.2. The molecule has 10 heteroatoms. The summed E-state index contributed by atoms with van der Waals surface area (Å²) < 4.78 is 54.6. The summed E-state index contributed by atoms with van der Waals surface area (Å²) >= 11 is 0. The molecule has 1 unspecified atom stereocenters. The van der Waals surface area contributed by atoms with E-state index in [0.29, 0.717) is 45.3 Å². The number of hydrogen-bond donors (Lipinski definition) is 2. The van der Waals surface area contributed by atoms with E-state index < -0.39 is 29.5 Å². The lowest BCUT2D eigenvalue weighted by atomic mass is 9.90. The Morgan fingerprint density at radius 3 is 2.79 bits per heavy atom. The number of hydrogen-bond acceptors (Lipinski definition) is 3. The molecule has 158 valence electrons. The topological polar surface area (TPSA) is 61.0 Å². The number of piperidine rings is 1. The Kier molecular flexibility index (Phi) is 6.19. The third kappa shape index (κ3) is 3.98. The van der Waals surface area contributed by atoms with Crippen molar-refractivity contribution in [1.82, 2.24) is 20.4 Å². The van der Waals surface area contributed by atoms with Gasteiger partial charge >= 0.3 is 6.18 Å². The number of carbonyl (C=O) groups excluding carboxylic acids is 1. The number of halogens is 5. The first-order valence-corrected chi connectivity index (χ1v) is 9.31. The highest BCUT2D eigenvalue weighted by molar-refractivity contribution is 5.94. The molecule has 29 heavy (non-hydrogen) atoms. The Morgan fingerprint density at radius 1 is 1.24 bits per heavy atom. The molecule has 1 saturated heterocycles. The number of nitrogens with one attached hydrogen (secondary N) is 2. The SMILES string of the molecule is Cl.O=C(c1n[nH]c2c1CCNC2)N1CCCCC1c1cccc(F)c1C(F)(F)F.